The highest BCUT2D eigenvalue weighted by Crippen LogP contribution is 2.49. The summed E-state index contributed by atoms with van der Waals surface area (Å²) < 4.78 is 39.4. The van der Waals surface area contributed by atoms with E-state index in [-0.39, 0.29) is 40.3 Å². The van der Waals surface area contributed by atoms with Gasteiger partial charge in [0.15, 0.2) is 5.83 Å². The van der Waals surface area contributed by atoms with Crippen LogP contribution >= 0.6 is 0 Å². The Labute approximate surface area is 287 Å². The molecule has 2 saturated heterocycles. The number of benzene rings is 2. The number of anilines is 1. The average molecular weight is 672 g/mol. The summed E-state index contributed by atoms with van der Waals surface area (Å²) in [7, 11) is 0. The lowest BCUT2D eigenvalue weighted by Gasteiger charge is -2.35. The van der Waals surface area contributed by atoms with Gasteiger partial charge >= 0.3 is 6.01 Å². The zero-order valence-corrected chi connectivity index (χ0v) is 29.0. The van der Waals surface area contributed by atoms with E-state index in [0.29, 0.717) is 77.1 Å². The number of rotatable bonds is 9. The number of aliphatic hydroxyl groups excluding tert-OH is 1. The molecule has 1 saturated carbocycles. The zero-order valence-electron chi connectivity index (χ0n) is 29.0. The van der Waals surface area contributed by atoms with Crippen LogP contribution in [0.5, 0.6) is 11.8 Å². The van der Waals surface area contributed by atoms with E-state index >= 15 is 8.78 Å². The normalized spacial score (nSPS) is 22.5. The summed E-state index contributed by atoms with van der Waals surface area (Å²) in [6.07, 6.45) is 7.74. The number of halogens is 2. The fraction of sp³-hybridized carbons (Fsp3) is 0.513. The van der Waals surface area contributed by atoms with Crippen molar-refractivity contribution in [3.05, 3.63) is 58.5 Å². The van der Waals surface area contributed by atoms with E-state index < -0.39 is 11.9 Å². The molecule has 2 aliphatic carbocycles. The topological polar surface area (TPSA) is 94.3 Å². The summed E-state index contributed by atoms with van der Waals surface area (Å²) in [5.41, 5.74) is 2.57. The Morgan fingerprint density at radius 1 is 1.10 bits per heavy atom. The van der Waals surface area contributed by atoms with Crippen LogP contribution in [0.25, 0.3) is 27.7 Å². The number of allylic oxidation sites excluding steroid dienone is 3. The first-order chi connectivity index (χ1) is 23.6. The smallest absolute Gasteiger partial charge is 0.319 e. The van der Waals surface area contributed by atoms with Crippen molar-refractivity contribution in [3.8, 4) is 11.8 Å². The number of aliphatic hydroxyl groups is 1. The molecule has 3 aromatic rings. The molecule has 0 bridgehead atoms. The molecule has 7 rings (SSSR count). The number of likely N-dealkylation sites (tertiary alicyclic amines) is 1. The standard InChI is InChI=1S/C39H47F2N5O3/c1-5-27-30(40)12-11-24-18-26(48)19-29(31(24)27)32-34(41)36-33(28(6-2)35(32)42-23(3)4)37(46-17-9-10-25(47)20-46)44-38(43-36)49-22-39(13-14-39)21-45-15-7-8-16-45/h6,11-12,18-19,23,25,47-48H,5,7-10,13-17,20-22H2,1-4H3/b28-6-,42-35?. The van der Waals surface area contributed by atoms with Crippen molar-refractivity contribution >= 4 is 39.3 Å². The van der Waals surface area contributed by atoms with Gasteiger partial charge in [0.25, 0.3) is 0 Å². The number of piperidine rings is 1. The number of aliphatic imine (C=N–C) groups is 1. The molecule has 0 spiro atoms. The third-order valence-corrected chi connectivity index (χ3v) is 10.4. The fourth-order valence-corrected chi connectivity index (χ4v) is 7.87. The van der Waals surface area contributed by atoms with Gasteiger partial charge in [-0.05, 0) is 119 Å². The van der Waals surface area contributed by atoms with Gasteiger partial charge in [0, 0.05) is 42.2 Å². The maximum Gasteiger partial charge on any atom is 0.319 e. The van der Waals surface area contributed by atoms with Crippen molar-refractivity contribution in [1.29, 1.82) is 0 Å². The number of β-amino-alcohol motifs (C(OH)–C–C–N with tert-alkyl or cyclic N) is 1. The van der Waals surface area contributed by atoms with Crippen LogP contribution in [-0.4, -0.2) is 82.3 Å². The van der Waals surface area contributed by atoms with Gasteiger partial charge in [0.05, 0.1) is 24.0 Å². The lowest BCUT2D eigenvalue weighted by molar-refractivity contribution is 0.153. The van der Waals surface area contributed by atoms with Crippen molar-refractivity contribution < 1.29 is 23.7 Å². The van der Waals surface area contributed by atoms with Gasteiger partial charge in [-0.25, -0.2) is 8.78 Å². The lowest BCUT2D eigenvalue weighted by Crippen LogP contribution is -2.40. The Morgan fingerprint density at radius 3 is 2.55 bits per heavy atom. The number of fused-ring (bicyclic) bond motifs is 2. The Kier molecular flexibility index (Phi) is 9.21. The summed E-state index contributed by atoms with van der Waals surface area (Å²) in [5, 5.41) is 22.8. The van der Waals surface area contributed by atoms with Gasteiger partial charge < -0.3 is 24.7 Å². The van der Waals surface area contributed by atoms with Crippen LogP contribution in [-0.2, 0) is 6.42 Å². The average Bonchev–Trinajstić information content (AvgIpc) is 3.64. The minimum atomic E-state index is -0.637. The van der Waals surface area contributed by atoms with Crippen molar-refractivity contribution in [2.75, 3.05) is 44.2 Å². The molecule has 260 valence electrons. The monoisotopic (exact) mass is 671 g/mol. The molecule has 49 heavy (non-hydrogen) atoms. The van der Waals surface area contributed by atoms with E-state index in [1.807, 2.05) is 38.7 Å². The summed E-state index contributed by atoms with van der Waals surface area (Å²) >= 11 is 0. The second-order valence-electron chi connectivity index (χ2n) is 14.5. The van der Waals surface area contributed by atoms with E-state index in [0.717, 1.165) is 38.9 Å². The van der Waals surface area contributed by atoms with Crippen molar-refractivity contribution in [2.24, 2.45) is 10.4 Å². The van der Waals surface area contributed by atoms with Gasteiger partial charge in [-0.3, -0.25) is 4.99 Å². The van der Waals surface area contributed by atoms with E-state index in [4.69, 9.17) is 19.7 Å². The molecule has 4 aliphatic rings. The Morgan fingerprint density at radius 2 is 1.88 bits per heavy atom. The van der Waals surface area contributed by atoms with Crippen LogP contribution in [0.4, 0.5) is 14.6 Å². The first-order valence-corrected chi connectivity index (χ1v) is 17.9. The highest BCUT2D eigenvalue weighted by atomic mass is 19.1. The van der Waals surface area contributed by atoms with E-state index in [1.165, 1.54) is 25.0 Å². The second kappa shape index (κ2) is 13.4. The number of phenols is 1. The molecule has 0 amide bonds. The SMILES string of the molecule is C/C=C1\C(=NC(C)C)C(c2cc(O)cc3ccc(F)c(CC)c23)=C(F)c2nc(OCC3(CN4CCCC4)CC3)nc(N3CCCC(O)C3)c21. The number of aryl methyl sites for hydroxylation is 1. The molecule has 8 nitrogen and oxygen atoms in total. The Balaban J connectivity index is 1.44. The number of phenolic OH excluding ortho intramolecular Hbond substituents is 1. The number of aromatic hydroxyl groups is 1. The van der Waals surface area contributed by atoms with Crippen LogP contribution in [0.2, 0.25) is 0 Å². The number of hydrogen-bond acceptors (Lipinski definition) is 8. The predicted octanol–water partition coefficient (Wildman–Crippen LogP) is 7.36. The summed E-state index contributed by atoms with van der Waals surface area (Å²) in [5.74, 6) is -0.583. The van der Waals surface area contributed by atoms with E-state index in [1.54, 1.807) is 12.1 Å². The lowest BCUT2D eigenvalue weighted by atomic mass is 9.81. The molecule has 1 atom stereocenters. The van der Waals surface area contributed by atoms with Crippen LogP contribution < -0.4 is 9.64 Å². The van der Waals surface area contributed by atoms with Crippen LogP contribution in [0.15, 0.2) is 35.3 Å². The number of nitrogens with zero attached hydrogens (tertiary/aromatic N) is 5. The van der Waals surface area contributed by atoms with Crippen molar-refractivity contribution in [3.63, 3.8) is 0 Å². The van der Waals surface area contributed by atoms with Gasteiger partial charge in [-0.2, -0.15) is 9.97 Å². The Bertz CT molecular complexity index is 1860. The molecule has 0 radical (unpaired) electrons. The fourth-order valence-electron chi connectivity index (χ4n) is 7.87. The maximum atomic E-state index is 17.7. The van der Waals surface area contributed by atoms with Crippen molar-refractivity contribution in [2.45, 2.75) is 84.8 Å². The third-order valence-electron chi connectivity index (χ3n) is 10.4. The summed E-state index contributed by atoms with van der Waals surface area (Å²) in [6.45, 7) is 12.2. The highest BCUT2D eigenvalue weighted by molar-refractivity contribution is 6.51. The zero-order chi connectivity index (χ0) is 34.4. The predicted molar refractivity (Wildman–Crippen MR) is 191 cm³/mol. The minimum Gasteiger partial charge on any atom is -0.508 e. The van der Waals surface area contributed by atoms with Crippen LogP contribution in [0, 0.1) is 11.2 Å². The van der Waals surface area contributed by atoms with Crippen LogP contribution in [0.3, 0.4) is 0 Å². The van der Waals surface area contributed by atoms with Gasteiger partial charge in [0.2, 0.25) is 0 Å². The van der Waals surface area contributed by atoms with Crippen molar-refractivity contribution in [1.82, 2.24) is 14.9 Å². The second-order valence-corrected chi connectivity index (χ2v) is 14.5. The van der Waals surface area contributed by atoms with E-state index in [9.17, 15) is 10.2 Å². The molecule has 1 unspecified atom stereocenters. The summed E-state index contributed by atoms with van der Waals surface area (Å²) in [4.78, 5) is 19.2. The molecular weight excluding hydrogens is 624 g/mol. The molecule has 10 heteroatoms. The van der Waals surface area contributed by atoms with Gasteiger partial charge in [0.1, 0.15) is 23.1 Å². The first-order valence-electron chi connectivity index (χ1n) is 17.9. The molecule has 3 heterocycles. The number of ether oxygens (including phenoxy) is 1. The largest absolute Gasteiger partial charge is 0.508 e. The Hall–Kier alpha value is -3.89. The third kappa shape index (κ3) is 6.45. The van der Waals surface area contributed by atoms with E-state index in [2.05, 4.69) is 4.90 Å². The van der Waals surface area contributed by atoms with Crippen LogP contribution in [0.1, 0.15) is 88.6 Å². The molecule has 1 aromatic heterocycles. The number of aromatic nitrogens is 2. The minimum absolute atomic E-state index is 0.0390. The molecular formula is C39H47F2N5O3. The van der Waals surface area contributed by atoms with Gasteiger partial charge in [-0.15, -0.1) is 0 Å². The maximum absolute atomic E-state index is 17.7. The molecule has 3 fully saturated rings. The molecule has 2 N–H and O–H groups in total. The molecule has 2 aromatic carbocycles. The van der Waals surface area contributed by atoms with Gasteiger partial charge in [-0.1, -0.05) is 19.1 Å². The first kappa shape index (κ1) is 33.6. The molecule has 2 aliphatic heterocycles. The quantitative estimate of drug-likeness (QED) is 0.246. The summed E-state index contributed by atoms with van der Waals surface area (Å²) in [6, 6.07) is 5.96. The number of hydrogen-bond donors (Lipinski definition) is 2. The highest BCUT2D eigenvalue weighted by Gasteiger charge is 2.46.